The Bertz CT molecular complexity index is 576. The van der Waals surface area contributed by atoms with Gasteiger partial charge in [0.15, 0.2) is 9.84 Å². The maximum Gasteiger partial charge on any atom is 0.336 e. The Balaban J connectivity index is 3.47. The zero-order valence-corrected chi connectivity index (χ0v) is 12.0. The molecule has 0 aliphatic rings. The molecule has 4 nitrogen and oxygen atoms in total. The molecule has 1 N–H and O–H groups in total. The van der Waals surface area contributed by atoms with Gasteiger partial charge in [-0.05, 0) is 30.5 Å². The average Bonchev–Trinajstić information content (AvgIpc) is 2.18. The highest BCUT2D eigenvalue weighted by molar-refractivity contribution is 7.91. The average molecular weight is 291 g/mol. The van der Waals surface area contributed by atoms with Gasteiger partial charge in [-0.2, -0.15) is 0 Å². The monoisotopic (exact) mass is 290 g/mol. The minimum Gasteiger partial charge on any atom is -0.478 e. The van der Waals surface area contributed by atoms with Gasteiger partial charge in [-0.25, -0.2) is 13.2 Å². The Labute approximate surface area is 112 Å². The Morgan fingerprint density at radius 2 is 1.94 bits per heavy atom. The van der Waals surface area contributed by atoms with Crippen molar-refractivity contribution in [1.29, 1.82) is 0 Å². The second-order valence-electron chi connectivity index (χ2n) is 4.56. The van der Waals surface area contributed by atoms with E-state index in [-0.39, 0.29) is 32.7 Å². The normalized spacial score (nSPS) is 11.8. The molecule has 0 bridgehead atoms. The Morgan fingerprint density at radius 1 is 1.39 bits per heavy atom. The fourth-order valence-corrected chi connectivity index (χ4v) is 3.95. The highest BCUT2D eigenvalue weighted by Crippen LogP contribution is 2.26. The van der Waals surface area contributed by atoms with Gasteiger partial charge in [0.25, 0.3) is 0 Å². The van der Waals surface area contributed by atoms with Crippen LogP contribution in [0.1, 0.15) is 29.8 Å². The highest BCUT2D eigenvalue weighted by Gasteiger charge is 2.23. The largest absolute Gasteiger partial charge is 0.478 e. The second kappa shape index (κ2) is 5.28. The Kier molecular flexibility index (Phi) is 4.40. The number of hydrogen-bond acceptors (Lipinski definition) is 3. The third-order valence-electron chi connectivity index (χ3n) is 2.44. The summed E-state index contributed by atoms with van der Waals surface area (Å²) in [6, 6.07) is 2.56. The van der Waals surface area contributed by atoms with E-state index in [1.54, 1.807) is 13.8 Å². The third kappa shape index (κ3) is 3.23. The van der Waals surface area contributed by atoms with Crippen molar-refractivity contribution < 1.29 is 18.3 Å². The summed E-state index contributed by atoms with van der Waals surface area (Å²) in [5, 5.41) is 9.12. The van der Waals surface area contributed by atoms with E-state index in [4.69, 9.17) is 16.7 Å². The van der Waals surface area contributed by atoms with Crippen LogP contribution in [0.4, 0.5) is 0 Å². The number of sulfone groups is 1. The molecule has 100 valence electrons. The molecule has 0 atom stereocenters. The molecule has 0 saturated heterocycles. The van der Waals surface area contributed by atoms with Gasteiger partial charge in [0.05, 0.1) is 16.2 Å². The predicted octanol–water partition coefficient (Wildman–Crippen LogP) is 2.78. The molecule has 0 saturated carbocycles. The van der Waals surface area contributed by atoms with Gasteiger partial charge in [-0.3, -0.25) is 0 Å². The number of rotatable bonds is 4. The van der Waals surface area contributed by atoms with Gasteiger partial charge in [-0.15, -0.1) is 0 Å². The van der Waals surface area contributed by atoms with Gasteiger partial charge in [0, 0.05) is 5.02 Å². The van der Waals surface area contributed by atoms with E-state index in [0.29, 0.717) is 0 Å². The molecule has 0 fully saturated rings. The van der Waals surface area contributed by atoms with Crippen LogP contribution in [0, 0.1) is 12.8 Å². The lowest BCUT2D eigenvalue weighted by Gasteiger charge is -2.12. The summed E-state index contributed by atoms with van der Waals surface area (Å²) >= 11 is 5.78. The Morgan fingerprint density at radius 3 is 2.39 bits per heavy atom. The van der Waals surface area contributed by atoms with Gasteiger partial charge in [-0.1, -0.05) is 25.4 Å². The lowest BCUT2D eigenvalue weighted by atomic mass is 10.1. The Hall–Kier alpha value is -1.07. The molecule has 0 amide bonds. The van der Waals surface area contributed by atoms with E-state index in [0.717, 1.165) is 0 Å². The molecule has 0 heterocycles. The van der Waals surface area contributed by atoms with E-state index < -0.39 is 15.8 Å². The first kappa shape index (κ1) is 15.0. The highest BCUT2D eigenvalue weighted by atomic mass is 35.5. The number of carbonyl (C=O) groups is 1. The number of hydrogen-bond donors (Lipinski definition) is 1. The zero-order valence-electron chi connectivity index (χ0n) is 10.4. The lowest BCUT2D eigenvalue weighted by Crippen LogP contribution is -2.15. The van der Waals surface area contributed by atoms with Gasteiger partial charge in [0.2, 0.25) is 0 Å². The zero-order chi connectivity index (χ0) is 14.1. The van der Waals surface area contributed by atoms with Gasteiger partial charge in [0.1, 0.15) is 0 Å². The van der Waals surface area contributed by atoms with Crippen LogP contribution in [0.2, 0.25) is 5.02 Å². The summed E-state index contributed by atoms with van der Waals surface area (Å²) in [7, 11) is -3.52. The number of aromatic carboxylic acids is 1. The summed E-state index contributed by atoms with van der Waals surface area (Å²) < 4.78 is 24.3. The maximum atomic E-state index is 12.1. The smallest absolute Gasteiger partial charge is 0.336 e. The minimum absolute atomic E-state index is 0.00102. The van der Waals surface area contributed by atoms with Crippen LogP contribution in [-0.4, -0.2) is 25.2 Å². The van der Waals surface area contributed by atoms with Crippen molar-refractivity contribution in [2.24, 2.45) is 5.92 Å². The van der Waals surface area contributed by atoms with Crippen molar-refractivity contribution >= 4 is 27.4 Å². The third-order valence-corrected chi connectivity index (χ3v) is 4.86. The van der Waals surface area contributed by atoms with E-state index in [1.807, 2.05) is 0 Å². The van der Waals surface area contributed by atoms with Crippen LogP contribution in [0.5, 0.6) is 0 Å². The molecular weight excluding hydrogens is 276 g/mol. The lowest BCUT2D eigenvalue weighted by molar-refractivity contribution is 0.0696. The van der Waals surface area contributed by atoms with Crippen LogP contribution in [0.15, 0.2) is 17.0 Å². The fourth-order valence-electron chi connectivity index (χ4n) is 1.73. The maximum absolute atomic E-state index is 12.1. The van der Waals surface area contributed by atoms with Crippen LogP contribution in [0.25, 0.3) is 0 Å². The van der Waals surface area contributed by atoms with Crippen molar-refractivity contribution in [3.63, 3.8) is 0 Å². The fraction of sp³-hybridized carbons (Fsp3) is 0.417. The summed E-state index contributed by atoms with van der Waals surface area (Å²) in [6.45, 7) is 5.05. The van der Waals surface area contributed by atoms with Gasteiger partial charge < -0.3 is 5.11 Å². The first-order valence-corrected chi connectivity index (χ1v) is 7.44. The molecule has 0 unspecified atom stereocenters. The molecule has 1 rings (SSSR count). The van der Waals surface area contributed by atoms with Gasteiger partial charge >= 0.3 is 5.97 Å². The molecule has 0 aliphatic heterocycles. The summed E-state index contributed by atoms with van der Waals surface area (Å²) in [4.78, 5) is 11.0. The van der Waals surface area contributed by atoms with E-state index >= 15 is 0 Å². The predicted molar refractivity (Wildman–Crippen MR) is 70.0 cm³/mol. The topological polar surface area (TPSA) is 71.4 Å². The van der Waals surface area contributed by atoms with Crippen molar-refractivity contribution in [3.05, 3.63) is 28.3 Å². The molecule has 1 aromatic carbocycles. The van der Waals surface area contributed by atoms with Crippen molar-refractivity contribution in [2.45, 2.75) is 25.7 Å². The summed E-state index contributed by atoms with van der Waals surface area (Å²) in [5.41, 5.74) is 0.150. The van der Waals surface area contributed by atoms with Crippen LogP contribution in [-0.2, 0) is 9.84 Å². The first-order valence-electron chi connectivity index (χ1n) is 5.41. The van der Waals surface area contributed by atoms with E-state index in [2.05, 4.69) is 0 Å². The first-order chi connectivity index (χ1) is 8.15. The minimum atomic E-state index is -3.52. The van der Waals surface area contributed by atoms with Crippen molar-refractivity contribution in [1.82, 2.24) is 0 Å². The molecule has 1 aromatic rings. The second-order valence-corrected chi connectivity index (χ2v) is 7.00. The molecule has 0 aliphatic carbocycles. The number of benzene rings is 1. The van der Waals surface area contributed by atoms with E-state index in [1.165, 1.54) is 19.1 Å². The summed E-state index contributed by atoms with van der Waals surface area (Å²) in [6.07, 6.45) is 0. The molecular formula is C12H15ClO4S. The standard InChI is InChI=1S/C12H15ClO4S/c1-7(2)6-18(16,17)11-5-9(13)4-10(8(11)3)12(14)15/h4-5,7H,6H2,1-3H3,(H,14,15). The van der Waals surface area contributed by atoms with Crippen LogP contribution in [0.3, 0.4) is 0 Å². The van der Waals surface area contributed by atoms with Crippen LogP contribution >= 0.6 is 11.6 Å². The number of halogens is 1. The molecule has 6 heteroatoms. The number of carboxylic acids is 1. The quantitative estimate of drug-likeness (QED) is 0.925. The van der Waals surface area contributed by atoms with Crippen molar-refractivity contribution in [2.75, 3.05) is 5.75 Å². The SMILES string of the molecule is Cc1c(C(=O)O)cc(Cl)cc1S(=O)(=O)CC(C)C. The van der Waals surface area contributed by atoms with Crippen molar-refractivity contribution in [3.8, 4) is 0 Å². The molecule has 0 radical (unpaired) electrons. The number of carboxylic acid groups (broad SMARTS) is 1. The molecule has 18 heavy (non-hydrogen) atoms. The summed E-state index contributed by atoms with van der Waals surface area (Å²) in [5.74, 6) is -1.26. The molecule has 0 spiro atoms. The van der Waals surface area contributed by atoms with E-state index in [9.17, 15) is 13.2 Å². The van der Waals surface area contributed by atoms with Crippen LogP contribution < -0.4 is 0 Å². The molecule has 0 aromatic heterocycles.